The van der Waals surface area contributed by atoms with Gasteiger partial charge >= 0.3 is 12.0 Å². The van der Waals surface area contributed by atoms with E-state index in [9.17, 15) is 14.7 Å². The summed E-state index contributed by atoms with van der Waals surface area (Å²) in [5.74, 6) is -0.794. The van der Waals surface area contributed by atoms with Crippen LogP contribution in [0.15, 0.2) is 0 Å². The average Bonchev–Trinajstić information content (AvgIpc) is 2.81. The first-order valence-electron chi connectivity index (χ1n) is 7.94. The number of aliphatic hydroxyl groups excluding tert-OH is 1. The first-order chi connectivity index (χ1) is 10.0. The largest absolute Gasteiger partial charge is 0.481 e. The van der Waals surface area contributed by atoms with Crippen LogP contribution in [0.1, 0.15) is 45.4 Å². The fourth-order valence-corrected chi connectivity index (χ4v) is 3.42. The average molecular weight is 298 g/mol. The van der Waals surface area contributed by atoms with Crippen LogP contribution in [0.25, 0.3) is 0 Å². The van der Waals surface area contributed by atoms with Gasteiger partial charge < -0.3 is 20.0 Å². The Morgan fingerprint density at radius 3 is 2.57 bits per heavy atom. The lowest BCUT2D eigenvalue weighted by Crippen LogP contribution is -2.51. The molecule has 0 spiro atoms. The van der Waals surface area contributed by atoms with E-state index in [0.717, 1.165) is 25.7 Å². The summed E-state index contributed by atoms with van der Waals surface area (Å²) in [5.41, 5.74) is -0.783. The quantitative estimate of drug-likeness (QED) is 0.779. The van der Waals surface area contributed by atoms with Gasteiger partial charge in [0.1, 0.15) is 0 Å². The molecule has 1 aliphatic heterocycles. The van der Waals surface area contributed by atoms with Gasteiger partial charge in [-0.05, 0) is 32.1 Å². The summed E-state index contributed by atoms with van der Waals surface area (Å²) in [7, 11) is 0. The van der Waals surface area contributed by atoms with Gasteiger partial charge in [-0.1, -0.05) is 13.3 Å². The molecule has 6 nitrogen and oxygen atoms in total. The summed E-state index contributed by atoms with van der Waals surface area (Å²) in [4.78, 5) is 27.6. The van der Waals surface area contributed by atoms with Crippen LogP contribution in [-0.4, -0.2) is 64.3 Å². The second kappa shape index (κ2) is 6.64. The summed E-state index contributed by atoms with van der Waals surface area (Å²) in [5, 5.41) is 18.7. The Morgan fingerprint density at radius 1 is 1.38 bits per heavy atom. The van der Waals surface area contributed by atoms with Gasteiger partial charge in [-0.2, -0.15) is 0 Å². The van der Waals surface area contributed by atoms with Crippen molar-refractivity contribution in [2.75, 3.05) is 26.2 Å². The highest BCUT2D eigenvalue weighted by Crippen LogP contribution is 2.36. The maximum atomic E-state index is 12.6. The number of hydrogen-bond donors (Lipinski definition) is 2. The lowest BCUT2D eigenvalue weighted by molar-refractivity contribution is -0.148. The number of hydrogen-bond acceptors (Lipinski definition) is 3. The fraction of sp³-hybridized carbons (Fsp3) is 0.867. The highest BCUT2D eigenvalue weighted by atomic mass is 16.4. The number of urea groups is 1. The van der Waals surface area contributed by atoms with E-state index in [2.05, 4.69) is 0 Å². The number of rotatable bonds is 6. The van der Waals surface area contributed by atoms with Gasteiger partial charge in [0, 0.05) is 25.7 Å². The van der Waals surface area contributed by atoms with E-state index in [4.69, 9.17) is 5.11 Å². The standard InChI is InChI=1S/C15H26N2O4/c1-2-6-15(13(19)20)7-8-16(11-15)14(21)17(9-10-18)12-4-3-5-12/h12,18H,2-11H2,1H3,(H,19,20). The van der Waals surface area contributed by atoms with Gasteiger partial charge in [0.25, 0.3) is 0 Å². The summed E-state index contributed by atoms with van der Waals surface area (Å²) in [6.07, 6.45) is 5.03. The molecule has 1 saturated carbocycles. The third-order valence-electron chi connectivity index (χ3n) is 4.91. The lowest BCUT2D eigenvalue weighted by atomic mass is 9.83. The van der Waals surface area contributed by atoms with Crippen molar-refractivity contribution in [2.24, 2.45) is 5.41 Å². The molecule has 1 saturated heterocycles. The molecule has 6 heteroatoms. The smallest absolute Gasteiger partial charge is 0.320 e. The van der Waals surface area contributed by atoms with Gasteiger partial charge in [0.15, 0.2) is 0 Å². The van der Waals surface area contributed by atoms with Crippen LogP contribution in [0, 0.1) is 5.41 Å². The van der Waals surface area contributed by atoms with E-state index in [1.165, 1.54) is 0 Å². The van der Waals surface area contributed by atoms with Crippen molar-refractivity contribution in [2.45, 2.75) is 51.5 Å². The van der Waals surface area contributed by atoms with Crippen molar-refractivity contribution in [1.82, 2.24) is 9.80 Å². The molecule has 1 unspecified atom stereocenters. The van der Waals surface area contributed by atoms with Gasteiger partial charge in [-0.15, -0.1) is 0 Å². The molecule has 2 fully saturated rings. The van der Waals surface area contributed by atoms with Crippen molar-refractivity contribution in [1.29, 1.82) is 0 Å². The molecule has 2 rings (SSSR count). The first-order valence-corrected chi connectivity index (χ1v) is 7.94. The molecule has 2 aliphatic rings. The molecule has 0 aromatic carbocycles. The number of carboxylic acids is 1. The molecule has 2 amide bonds. The van der Waals surface area contributed by atoms with E-state index in [-0.39, 0.29) is 18.7 Å². The Hall–Kier alpha value is -1.30. The number of amides is 2. The molecule has 1 heterocycles. The van der Waals surface area contributed by atoms with Gasteiger partial charge in [-0.25, -0.2) is 4.79 Å². The number of likely N-dealkylation sites (tertiary alicyclic amines) is 1. The van der Waals surface area contributed by atoms with Crippen LogP contribution < -0.4 is 0 Å². The predicted octanol–water partition coefficient (Wildman–Crippen LogP) is 1.53. The number of nitrogens with zero attached hydrogens (tertiary/aromatic N) is 2. The molecule has 120 valence electrons. The second-order valence-corrected chi connectivity index (χ2v) is 6.29. The molecule has 0 bridgehead atoms. The topological polar surface area (TPSA) is 81.1 Å². The van der Waals surface area contributed by atoms with Crippen molar-refractivity contribution < 1.29 is 19.8 Å². The monoisotopic (exact) mass is 298 g/mol. The van der Waals surface area contributed by atoms with E-state index in [1.54, 1.807) is 9.80 Å². The molecule has 21 heavy (non-hydrogen) atoms. The van der Waals surface area contributed by atoms with Crippen LogP contribution in [0.5, 0.6) is 0 Å². The zero-order chi connectivity index (χ0) is 15.5. The van der Waals surface area contributed by atoms with E-state index >= 15 is 0 Å². The van der Waals surface area contributed by atoms with Gasteiger partial charge in [0.2, 0.25) is 0 Å². The number of aliphatic hydroxyl groups is 1. The minimum atomic E-state index is -0.794. The van der Waals surface area contributed by atoms with Crippen molar-refractivity contribution >= 4 is 12.0 Å². The Bertz CT molecular complexity index is 397. The Balaban J connectivity index is 2.04. The number of aliphatic carboxylic acids is 1. The molecular formula is C15H26N2O4. The number of carboxylic acid groups (broad SMARTS) is 1. The van der Waals surface area contributed by atoms with Gasteiger partial charge in [0.05, 0.1) is 12.0 Å². The van der Waals surface area contributed by atoms with Crippen molar-refractivity contribution in [3.63, 3.8) is 0 Å². The van der Waals surface area contributed by atoms with Crippen LogP contribution in [0.3, 0.4) is 0 Å². The molecule has 0 radical (unpaired) electrons. The normalized spacial score (nSPS) is 25.7. The fourth-order valence-electron chi connectivity index (χ4n) is 3.42. The van der Waals surface area contributed by atoms with E-state index in [1.807, 2.05) is 6.92 Å². The van der Waals surface area contributed by atoms with Crippen LogP contribution in [-0.2, 0) is 4.79 Å². The zero-order valence-electron chi connectivity index (χ0n) is 12.8. The molecule has 1 atom stereocenters. The van der Waals surface area contributed by atoms with Crippen molar-refractivity contribution in [3.8, 4) is 0 Å². The van der Waals surface area contributed by atoms with Crippen molar-refractivity contribution in [3.05, 3.63) is 0 Å². The van der Waals surface area contributed by atoms with Crippen LogP contribution in [0.4, 0.5) is 4.79 Å². The first kappa shape index (κ1) is 16.1. The summed E-state index contributed by atoms with van der Waals surface area (Å²) in [6, 6.07) is 0.114. The zero-order valence-corrected chi connectivity index (χ0v) is 12.8. The van der Waals surface area contributed by atoms with Gasteiger partial charge in [-0.3, -0.25) is 4.79 Å². The van der Waals surface area contributed by atoms with E-state index in [0.29, 0.717) is 32.5 Å². The minimum absolute atomic E-state index is 0.0465. The SMILES string of the molecule is CCCC1(C(=O)O)CCN(C(=O)N(CCO)C2CCC2)C1. The second-order valence-electron chi connectivity index (χ2n) is 6.29. The summed E-state index contributed by atoms with van der Waals surface area (Å²) in [6.45, 7) is 3.06. The molecule has 1 aliphatic carbocycles. The summed E-state index contributed by atoms with van der Waals surface area (Å²) >= 11 is 0. The third-order valence-corrected chi connectivity index (χ3v) is 4.91. The molecule has 2 N–H and O–H groups in total. The maximum Gasteiger partial charge on any atom is 0.320 e. The minimum Gasteiger partial charge on any atom is -0.481 e. The summed E-state index contributed by atoms with van der Waals surface area (Å²) < 4.78 is 0. The highest BCUT2D eigenvalue weighted by molar-refractivity contribution is 5.80. The van der Waals surface area contributed by atoms with E-state index < -0.39 is 11.4 Å². The van der Waals surface area contributed by atoms with Crippen LogP contribution >= 0.6 is 0 Å². The maximum absolute atomic E-state index is 12.6. The number of carbonyl (C=O) groups is 2. The third kappa shape index (κ3) is 3.15. The predicted molar refractivity (Wildman–Crippen MR) is 78.0 cm³/mol. The Morgan fingerprint density at radius 2 is 2.10 bits per heavy atom. The Labute approximate surface area is 125 Å². The lowest BCUT2D eigenvalue weighted by Gasteiger charge is -2.39. The molecular weight excluding hydrogens is 272 g/mol. The number of carbonyl (C=O) groups excluding carboxylic acids is 1. The molecule has 0 aromatic rings. The highest BCUT2D eigenvalue weighted by Gasteiger charge is 2.46. The molecule has 0 aromatic heterocycles. The van der Waals surface area contributed by atoms with Crippen LogP contribution in [0.2, 0.25) is 0 Å². The Kier molecular flexibility index (Phi) is 5.08.